The van der Waals surface area contributed by atoms with E-state index in [0.29, 0.717) is 13.1 Å². The molecule has 1 amide bonds. The van der Waals surface area contributed by atoms with Crippen molar-refractivity contribution in [2.24, 2.45) is 4.99 Å². The van der Waals surface area contributed by atoms with Gasteiger partial charge in [0, 0.05) is 38.6 Å². The van der Waals surface area contributed by atoms with Crippen molar-refractivity contribution in [1.82, 2.24) is 15.5 Å². The summed E-state index contributed by atoms with van der Waals surface area (Å²) in [6.07, 6.45) is 2.30. The molecule has 0 radical (unpaired) electrons. The van der Waals surface area contributed by atoms with Crippen LogP contribution in [0.2, 0.25) is 0 Å². The number of benzene rings is 2. The standard InChI is InChI=1S/C21H27FN4OS.HI/c1-23-21(26(2)15-17-6-10-19(28-3)11-7-17)25-13-12-24-20(27)14-16-4-8-18(22)9-5-16;/h4-11H,12-15H2,1-3H3,(H,23,25)(H,24,27);1H. The van der Waals surface area contributed by atoms with Crippen LogP contribution in [0.4, 0.5) is 4.39 Å². The molecular formula is C21H28FIN4OS. The SMILES string of the molecule is CN=C(NCCNC(=O)Cc1ccc(F)cc1)N(C)Cc1ccc(SC)cc1.I. The summed E-state index contributed by atoms with van der Waals surface area (Å²) in [6.45, 7) is 1.79. The van der Waals surface area contributed by atoms with E-state index in [1.165, 1.54) is 22.6 Å². The summed E-state index contributed by atoms with van der Waals surface area (Å²) in [5.74, 6) is 0.372. The Balaban J connectivity index is 0.00000420. The summed E-state index contributed by atoms with van der Waals surface area (Å²) in [5, 5.41) is 6.10. The van der Waals surface area contributed by atoms with Gasteiger partial charge in [0.15, 0.2) is 5.96 Å². The topological polar surface area (TPSA) is 56.7 Å². The van der Waals surface area contributed by atoms with Crippen molar-refractivity contribution < 1.29 is 9.18 Å². The van der Waals surface area contributed by atoms with Gasteiger partial charge in [0.2, 0.25) is 5.91 Å². The van der Waals surface area contributed by atoms with Gasteiger partial charge in [0.25, 0.3) is 0 Å². The minimum atomic E-state index is -0.302. The molecule has 0 aromatic heterocycles. The van der Waals surface area contributed by atoms with E-state index in [4.69, 9.17) is 0 Å². The van der Waals surface area contributed by atoms with E-state index < -0.39 is 0 Å². The number of rotatable bonds is 8. The van der Waals surface area contributed by atoms with Gasteiger partial charge in [0.05, 0.1) is 6.42 Å². The molecule has 0 aliphatic heterocycles. The number of carbonyl (C=O) groups excluding carboxylic acids is 1. The van der Waals surface area contributed by atoms with E-state index in [0.717, 1.165) is 18.1 Å². The average Bonchev–Trinajstić information content (AvgIpc) is 2.70. The second kappa shape index (κ2) is 13.4. The summed E-state index contributed by atoms with van der Waals surface area (Å²) >= 11 is 1.72. The molecule has 0 saturated carbocycles. The Morgan fingerprint density at radius 3 is 2.21 bits per heavy atom. The highest BCUT2D eigenvalue weighted by Crippen LogP contribution is 2.15. The van der Waals surface area contributed by atoms with Crippen molar-refractivity contribution in [2.45, 2.75) is 17.9 Å². The number of hydrogen-bond acceptors (Lipinski definition) is 3. The average molecular weight is 530 g/mol. The molecule has 0 fully saturated rings. The Bertz CT molecular complexity index is 784. The minimum absolute atomic E-state index is 0. The van der Waals surface area contributed by atoms with Gasteiger partial charge in [-0.1, -0.05) is 24.3 Å². The molecule has 0 bridgehead atoms. The Morgan fingerprint density at radius 1 is 1.03 bits per heavy atom. The van der Waals surface area contributed by atoms with Gasteiger partial charge in [0.1, 0.15) is 5.82 Å². The highest BCUT2D eigenvalue weighted by Gasteiger charge is 2.07. The first-order valence-corrected chi connectivity index (χ1v) is 10.3. The Labute approximate surface area is 193 Å². The molecule has 0 unspecified atom stereocenters. The van der Waals surface area contributed by atoms with Crippen LogP contribution in [0.3, 0.4) is 0 Å². The molecule has 5 nitrogen and oxygen atoms in total. The van der Waals surface area contributed by atoms with Crippen molar-refractivity contribution in [3.8, 4) is 0 Å². The van der Waals surface area contributed by atoms with Crippen molar-refractivity contribution in [3.63, 3.8) is 0 Å². The van der Waals surface area contributed by atoms with E-state index in [1.54, 1.807) is 30.9 Å². The van der Waals surface area contributed by atoms with Crippen molar-refractivity contribution in [2.75, 3.05) is 33.4 Å². The molecule has 0 aliphatic rings. The fourth-order valence-corrected chi connectivity index (χ4v) is 3.10. The summed E-state index contributed by atoms with van der Waals surface area (Å²) in [6, 6.07) is 14.4. The first-order valence-electron chi connectivity index (χ1n) is 9.07. The molecular weight excluding hydrogens is 502 g/mol. The maximum absolute atomic E-state index is 12.9. The van der Waals surface area contributed by atoms with Crippen LogP contribution < -0.4 is 10.6 Å². The summed E-state index contributed by atoms with van der Waals surface area (Å²) in [5.41, 5.74) is 1.99. The zero-order valence-corrected chi connectivity index (χ0v) is 20.1. The van der Waals surface area contributed by atoms with E-state index in [9.17, 15) is 9.18 Å². The molecule has 0 heterocycles. The normalized spacial score (nSPS) is 10.8. The number of thioether (sulfide) groups is 1. The smallest absolute Gasteiger partial charge is 0.224 e. The third-order valence-corrected chi connectivity index (χ3v) is 4.90. The molecule has 2 aromatic rings. The second-order valence-corrected chi connectivity index (χ2v) is 7.21. The number of amides is 1. The molecule has 2 aromatic carbocycles. The van der Waals surface area contributed by atoms with Crippen LogP contribution in [-0.2, 0) is 17.8 Å². The molecule has 0 spiro atoms. The lowest BCUT2D eigenvalue weighted by Crippen LogP contribution is -2.42. The number of nitrogens with zero attached hydrogens (tertiary/aromatic N) is 2. The zero-order chi connectivity index (χ0) is 20.4. The van der Waals surface area contributed by atoms with Crippen molar-refractivity contribution in [3.05, 3.63) is 65.5 Å². The van der Waals surface area contributed by atoms with Gasteiger partial charge < -0.3 is 15.5 Å². The van der Waals surface area contributed by atoms with Gasteiger partial charge in [-0.2, -0.15) is 0 Å². The third kappa shape index (κ3) is 9.03. The lowest BCUT2D eigenvalue weighted by atomic mass is 10.1. The molecule has 0 saturated heterocycles. The van der Waals surface area contributed by atoms with Crippen molar-refractivity contribution in [1.29, 1.82) is 0 Å². The highest BCUT2D eigenvalue weighted by molar-refractivity contribution is 14.0. The van der Waals surface area contributed by atoms with Crippen LogP contribution in [0.25, 0.3) is 0 Å². The fraction of sp³-hybridized carbons (Fsp3) is 0.333. The minimum Gasteiger partial charge on any atom is -0.354 e. The molecule has 29 heavy (non-hydrogen) atoms. The summed E-state index contributed by atoms with van der Waals surface area (Å²) < 4.78 is 12.9. The van der Waals surface area contributed by atoms with E-state index in [1.807, 2.05) is 11.9 Å². The predicted molar refractivity (Wildman–Crippen MR) is 130 cm³/mol. The van der Waals surface area contributed by atoms with Crippen LogP contribution in [0.5, 0.6) is 0 Å². The number of carbonyl (C=O) groups is 1. The molecule has 0 aliphatic carbocycles. The van der Waals surface area contributed by atoms with Crippen LogP contribution >= 0.6 is 35.7 Å². The maximum atomic E-state index is 12.9. The highest BCUT2D eigenvalue weighted by atomic mass is 127. The largest absolute Gasteiger partial charge is 0.354 e. The quantitative estimate of drug-likeness (QED) is 0.180. The predicted octanol–water partition coefficient (Wildman–Crippen LogP) is 3.53. The summed E-state index contributed by atoms with van der Waals surface area (Å²) in [4.78, 5) is 19.5. The third-order valence-electron chi connectivity index (χ3n) is 4.16. The Hall–Kier alpha value is -1.81. The van der Waals surface area contributed by atoms with Crippen LogP contribution in [0, 0.1) is 5.82 Å². The number of hydrogen-bond donors (Lipinski definition) is 2. The molecule has 0 atom stereocenters. The number of guanidine groups is 1. The molecule has 2 N–H and O–H groups in total. The van der Waals surface area contributed by atoms with Gasteiger partial charge in [-0.05, 0) is 41.6 Å². The van der Waals surface area contributed by atoms with Gasteiger partial charge in [-0.25, -0.2) is 4.39 Å². The first-order chi connectivity index (χ1) is 13.5. The van der Waals surface area contributed by atoms with Crippen LogP contribution in [0.15, 0.2) is 58.4 Å². The number of nitrogens with one attached hydrogen (secondary N) is 2. The molecule has 2 rings (SSSR count). The monoisotopic (exact) mass is 530 g/mol. The van der Waals surface area contributed by atoms with E-state index >= 15 is 0 Å². The second-order valence-electron chi connectivity index (χ2n) is 6.33. The van der Waals surface area contributed by atoms with Gasteiger partial charge in [-0.15, -0.1) is 35.7 Å². The molecule has 8 heteroatoms. The summed E-state index contributed by atoms with van der Waals surface area (Å²) in [7, 11) is 3.72. The van der Waals surface area contributed by atoms with Crippen molar-refractivity contribution >= 4 is 47.6 Å². The van der Waals surface area contributed by atoms with Crippen LogP contribution in [-0.4, -0.2) is 50.2 Å². The van der Waals surface area contributed by atoms with Crippen LogP contribution in [0.1, 0.15) is 11.1 Å². The number of halogens is 2. The lowest BCUT2D eigenvalue weighted by molar-refractivity contribution is -0.120. The Morgan fingerprint density at radius 2 is 1.62 bits per heavy atom. The number of aliphatic imine (C=N–C) groups is 1. The maximum Gasteiger partial charge on any atom is 0.224 e. The van der Waals surface area contributed by atoms with Gasteiger partial charge >= 0.3 is 0 Å². The van der Waals surface area contributed by atoms with E-state index in [2.05, 4.69) is 46.1 Å². The lowest BCUT2D eigenvalue weighted by Gasteiger charge is -2.22. The van der Waals surface area contributed by atoms with Gasteiger partial charge in [-0.3, -0.25) is 9.79 Å². The first kappa shape index (κ1) is 25.2. The van der Waals surface area contributed by atoms with E-state index in [-0.39, 0.29) is 42.1 Å². The Kier molecular flexibility index (Phi) is 11.7. The molecule has 158 valence electrons. The fourth-order valence-electron chi connectivity index (χ4n) is 2.69. The zero-order valence-electron chi connectivity index (χ0n) is 16.9.